The monoisotopic (exact) mass is 564 g/mol. The van der Waals surface area contributed by atoms with E-state index in [1.807, 2.05) is 60.2 Å². The molecule has 1 N–H and O–H groups in total. The zero-order valence-electron chi connectivity index (χ0n) is 23.4. The number of nitrogens with one attached hydrogen (secondary N) is 1. The Morgan fingerprint density at radius 1 is 1.10 bits per heavy atom. The molecule has 6 rings (SSSR count). The summed E-state index contributed by atoms with van der Waals surface area (Å²) in [7, 11) is 0. The third-order valence-corrected chi connectivity index (χ3v) is 6.89. The van der Waals surface area contributed by atoms with E-state index in [1.54, 1.807) is 23.4 Å². The number of hydrogen-bond donors (Lipinski definition) is 1. The molecule has 1 fully saturated rings. The molecule has 1 aliphatic heterocycles. The van der Waals surface area contributed by atoms with Gasteiger partial charge in [-0.25, -0.2) is 15.0 Å². The van der Waals surface area contributed by atoms with E-state index in [0.29, 0.717) is 25.4 Å². The van der Waals surface area contributed by atoms with Crippen LogP contribution in [0.2, 0.25) is 0 Å². The van der Waals surface area contributed by atoms with Gasteiger partial charge in [0.2, 0.25) is 0 Å². The van der Waals surface area contributed by atoms with Crippen LogP contribution in [0.15, 0.2) is 78.2 Å². The number of nitrogens with zero attached hydrogens (tertiary/aromatic N) is 7. The van der Waals surface area contributed by atoms with Crippen LogP contribution in [-0.4, -0.2) is 53.9 Å². The van der Waals surface area contributed by atoms with Gasteiger partial charge >= 0.3 is 0 Å². The number of anilines is 1. The minimum Gasteiger partial charge on any atom is -0.368 e. The number of ether oxygens (including phenoxy) is 2. The summed E-state index contributed by atoms with van der Waals surface area (Å²) in [4.78, 5) is 12.9. The first-order valence-corrected chi connectivity index (χ1v) is 14.1. The van der Waals surface area contributed by atoms with E-state index < -0.39 is 0 Å². The van der Waals surface area contributed by atoms with Crippen LogP contribution in [-0.2, 0) is 22.6 Å². The number of pyridine rings is 1. The molecule has 5 heterocycles. The van der Waals surface area contributed by atoms with Gasteiger partial charge in [-0.2, -0.15) is 5.10 Å². The molecular formula is C31H32N8O3. The van der Waals surface area contributed by atoms with Gasteiger partial charge in [-0.05, 0) is 62.6 Å². The largest absolute Gasteiger partial charge is 0.368 e. The van der Waals surface area contributed by atoms with E-state index in [9.17, 15) is 0 Å². The molecule has 1 unspecified atom stereocenters. The molecule has 0 aliphatic carbocycles. The standard InChI is InChI=1S/C31H32N8O3/c1-23(41-30-4-2-3-17-40-30)31-34-13-15-38(31)20-27-18-28(42-37-27)26-10-7-24(8-11-26)5-6-25-9-12-29(35-19-25)33-14-16-39-22-32-21-36-39/h7-13,15,18-19,21-23,30H,2-4,14,16-17,20H2,1H3,(H,33,35)/t23-,30?/m0/s1. The first-order valence-electron chi connectivity index (χ1n) is 14.1. The van der Waals surface area contributed by atoms with E-state index in [-0.39, 0.29) is 12.4 Å². The molecule has 4 aromatic heterocycles. The smallest absolute Gasteiger partial charge is 0.167 e. The molecule has 0 spiro atoms. The predicted octanol–water partition coefficient (Wildman–Crippen LogP) is 4.69. The van der Waals surface area contributed by atoms with Gasteiger partial charge in [0.15, 0.2) is 12.1 Å². The lowest BCUT2D eigenvalue weighted by Gasteiger charge is -2.26. The summed E-state index contributed by atoms with van der Waals surface area (Å²) in [6.45, 7) is 4.70. The van der Waals surface area contributed by atoms with Crippen LogP contribution in [0.3, 0.4) is 0 Å². The Hall–Kier alpha value is -4.79. The Labute approximate surface area is 243 Å². The van der Waals surface area contributed by atoms with Gasteiger partial charge in [0.1, 0.15) is 36.1 Å². The molecule has 0 saturated carbocycles. The van der Waals surface area contributed by atoms with Crippen molar-refractivity contribution in [2.24, 2.45) is 0 Å². The fourth-order valence-corrected chi connectivity index (χ4v) is 4.70. The molecule has 5 aromatic rings. The van der Waals surface area contributed by atoms with Gasteiger partial charge in [0, 0.05) is 54.5 Å². The Bertz CT molecular complexity index is 1610. The molecule has 1 aliphatic rings. The van der Waals surface area contributed by atoms with E-state index in [4.69, 9.17) is 14.0 Å². The van der Waals surface area contributed by atoms with Crippen LogP contribution in [0.4, 0.5) is 5.82 Å². The number of imidazole rings is 1. The highest BCUT2D eigenvalue weighted by atomic mass is 16.7. The number of hydrogen-bond acceptors (Lipinski definition) is 9. The minimum absolute atomic E-state index is 0.174. The summed E-state index contributed by atoms with van der Waals surface area (Å²) >= 11 is 0. The Balaban J connectivity index is 1.03. The minimum atomic E-state index is -0.190. The summed E-state index contributed by atoms with van der Waals surface area (Å²) in [5, 5.41) is 11.6. The quantitative estimate of drug-likeness (QED) is 0.241. The van der Waals surface area contributed by atoms with Gasteiger partial charge < -0.3 is 23.9 Å². The third-order valence-electron chi connectivity index (χ3n) is 6.89. The van der Waals surface area contributed by atoms with Crippen molar-refractivity contribution in [2.75, 3.05) is 18.5 Å². The summed E-state index contributed by atoms with van der Waals surface area (Å²) in [5.41, 5.74) is 3.47. The van der Waals surface area contributed by atoms with Crippen molar-refractivity contribution in [2.45, 2.75) is 51.7 Å². The fraction of sp³-hybridized carbons (Fsp3) is 0.323. The Kier molecular flexibility index (Phi) is 8.64. The highest BCUT2D eigenvalue weighted by molar-refractivity contribution is 5.59. The van der Waals surface area contributed by atoms with Crippen molar-refractivity contribution in [1.82, 2.24) is 34.5 Å². The predicted molar refractivity (Wildman–Crippen MR) is 155 cm³/mol. The average molecular weight is 565 g/mol. The van der Waals surface area contributed by atoms with Gasteiger partial charge in [-0.1, -0.05) is 17.0 Å². The van der Waals surface area contributed by atoms with Gasteiger partial charge in [-0.15, -0.1) is 0 Å². The van der Waals surface area contributed by atoms with Crippen molar-refractivity contribution in [1.29, 1.82) is 0 Å². The lowest BCUT2D eigenvalue weighted by Crippen LogP contribution is -2.24. The molecule has 0 amide bonds. The number of aromatic nitrogens is 7. The van der Waals surface area contributed by atoms with Crippen molar-refractivity contribution >= 4 is 5.82 Å². The van der Waals surface area contributed by atoms with Crippen LogP contribution in [0.1, 0.15) is 54.9 Å². The normalized spacial score (nSPS) is 15.6. The lowest BCUT2D eigenvalue weighted by molar-refractivity contribution is -0.188. The van der Waals surface area contributed by atoms with Crippen molar-refractivity contribution < 1.29 is 14.0 Å². The molecule has 1 aromatic carbocycles. The second kappa shape index (κ2) is 13.2. The molecule has 0 bridgehead atoms. The Morgan fingerprint density at radius 2 is 1.98 bits per heavy atom. The average Bonchev–Trinajstić information content (AvgIpc) is 3.81. The lowest BCUT2D eigenvalue weighted by atomic mass is 10.1. The SMILES string of the molecule is C[C@H](OC1CCCCO1)c1nccn1Cc1cc(-c2ccc(C#Cc3ccc(NCCn4cncn4)nc3)cc2)on1. The molecule has 42 heavy (non-hydrogen) atoms. The van der Waals surface area contributed by atoms with E-state index in [0.717, 1.165) is 59.9 Å². The summed E-state index contributed by atoms with van der Waals surface area (Å²) in [5.74, 6) is 8.68. The van der Waals surface area contributed by atoms with Crippen LogP contribution >= 0.6 is 0 Å². The molecule has 214 valence electrons. The maximum Gasteiger partial charge on any atom is 0.167 e. The van der Waals surface area contributed by atoms with Gasteiger partial charge in [0.25, 0.3) is 0 Å². The summed E-state index contributed by atoms with van der Waals surface area (Å²) in [6.07, 6.45) is 11.4. The van der Waals surface area contributed by atoms with E-state index in [1.165, 1.54) is 6.33 Å². The van der Waals surface area contributed by atoms with Crippen LogP contribution in [0.5, 0.6) is 0 Å². The third kappa shape index (κ3) is 7.09. The van der Waals surface area contributed by atoms with E-state index >= 15 is 0 Å². The molecule has 1 saturated heterocycles. The molecule has 2 atom stereocenters. The molecule has 11 heteroatoms. The van der Waals surface area contributed by atoms with Crippen molar-refractivity contribution in [3.63, 3.8) is 0 Å². The Morgan fingerprint density at radius 3 is 2.76 bits per heavy atom. The highest BCUT2D eigenvalue weighted by Crippen LogP contribution is 2.25. The zero-order valence-corrected chi connectivity index (χ0v) is 23.4. The number of benzene rings is 1. The van der Waals surface area contributed by atoms with Gasteiger partial charge in [0.05, 0.1) is 13.1 Å². The number of rotatable bonds is 10. The van der Waals surface area contributed by atoms with Crippen LogP contribution in [0, 0.1) is 11.8 Å². The first kappa shape index (κ1) is 27.4. The summed E-state index contributed by atoms with van der Waals surface area (Å²) in [6, 6.07) is 13.7. The maximum absolute atomic E-state index is 6.11. The van der Waals surface area contributed by atoms with Crippen molar-refractivity contribution in [3.8, 4) is 23.2 Å². The van der Waals surface area contributed by atoms with Crippen LogP contribution in [0.25, 0.3) is 11.3 Å². The van der Waals surface area contributed by atoms with Crippen LogP contribution < -0.4 is 5.32 Å². The van der Waals surface area contributed by atoms with Gasteiger partial charge in [-0.3, -0.25) is 4.68 Å². The zero-order chi connectivity index (χ0) is 28.6. The van der Waals surface area contributed by atoms with E-state index in [2.05, 4.69) is 42.4 Å². The fourth-order valence-electron chi connectivity index (χ4n) is 4.70. The second-order valence-electron chi connectivity index (χ2n) is 10.0. The molecule has 0 radical (unpaired) electrons. The molecular weight excluding hydrogens is 532 g/mol. The topological polar surface area (TPSA) is 118 Å². The first-order chi connectivity index (χ1) is 20.7. The summed E-state index contributed by atoms with van der Waals surface area (Å²) < 4.78 is 21.3. The van der Waals surface area contributed by atoms with Crippen molar-refractivity contribution in [3.05, 3.63) is 96.4 Å². The maximum atomic E-state index is 6.11. The second-order valence-corrected chi connectivity index (χ2v) is 10.0. The highest BCUT2D eigenvalue weighted by Gasteiger charge is 2.21. The molecule has 11 nitrogen and oxygen atoms in total.